The minimum absolute atomic E-state index is 0. The molecular formula is C20H24F3IN4O3. The molecule has 0 bridgehead atoms. The molecule has 0 spiro atoms. The van der Waals surface area contributed by atoms with Crippen molar-refractivity contribution >= 4 is 41.5 Å². The second kappa shape index (κ2) is 13.6. The number of alkyl halides is 2. The van der Waals surface area contributed by atoms with E-state index in [0.29, 0.717) is 29.5 Å². The second-order valence-electron chi connectivity index (χ2n) is 5.96. The highest BCUT2D eigenvalue weighted by Crippen LogP contribution is 2.26. The summed E-state index contributed by atoms with van der Waals surface area (Å²) in [5, 5.41) is 8.42. The van der Waals surface area contributed by atoms with E-state index in [9.17, 15) is 18.0 Å². The molecular weight excluding hydrogens is 528 g/mol. The van der Waals surface area contributed by atoms with Crippen molar-refractivity contribution < 1.29 is 27.4 Å². The molecule has 170 valence electrons. The average molecular weight is 552 g/mol. The van der Waals surface area contributed by atoms with Crippen LogP contribution in [0.3, 0.4) is 0 Å². The maximum atomic E-state index is 12.9. The largest absolute Gasteiger partial charge is 0.497 e. The fourth-order valence-corrected chi connectivity index (χ4v) is 2.43. The summed E-state index contributed by atoms with van der Waals surface area (Å²) >= 11 is 0. The van der Waals surface area contributed by atoms with Crippen LogP contribution in [0.1, 0.15) is 12.5 Å². The minimum Gasteiger partial charge on any atom is -0.497 e. The Kier molecular flexibility index (Phi) is 11.5. The quantitative estimate of drug-likeness (QED) is 0.251. The van der Waals surface area contributed by atoms with Crippen molar-refractivity contribution in [2.75, 3.05) is 25.5 Å². The van der Waals surface area contributed by atoms with Gasteiger partial charge >= 0.3 is 6.61 Å². The SMILES string of the molecule is CCNC(=NCc1cc(OC)ccc1OC(F)F)NCC(=O)Nc1ccc(F)cc1.I. The number of ether oxygens (including phenoxy) is 2. The number of aliphatic imine (C=N–C) groups is 1. The van der Waals surface area contributed by atoms with E-state index in [-0.39, 0.29) is 48.7 Å². The van der Waals surface area contributed by atoms with E-state index in [2.05, 4.69) is 25.7 Å². The Hall–Kier alpha value is -2.70. The van der Waals surface area contributed by atoms with Gasteiger partial charge in [0, 0.05) is 17.8 Å². The van der Waals surface area contributed by atoms with Crippen molar-refractivity contribution in [3.8, 4) is 11.5 Å². The molecule has 0 radical (unpaired) electrons. The molecule has 0 aliphatic carbocycles. The molecule has 31 heavy (non-hydrogen) atoms. The number of hydrogen-bond donors (Lipinski definition) is 3. The van der Waals surface area contributed by atoms with Crippen molar-refractivity contribution in [1.29, 1.82) is 0 Å². The smallest absolute Gasteiger partial charge is 0.387 e. The number of halogens is 4. The molecule has 0 aliphatic rings. The van der Waals surface area contributed by atoms with Crippen molar-refractivity contribution in [1.82, 2.24) is 10.6 Å². The number of hydrogen-bond acceptors (Lipinski definition) is 4. The summed E-state index contributed by atoms with van der Waals surface area (Å²) in [4.78, 5) is 16.4. The molecule has 2 aromatic rings. The average Bonchev–Trinajstić information content (AvgIpc) is 2.72. The van der Waals surface area contributed by atoms with Gasteiger partial charge in [0.05, 0.1) is 20.2 Å². The third-order valence-electron chi connectivity index (χ3n) is 3.78. The van der Waals surface area contributed by atoms with E-state index in [1.54, 1.807) is 6.07 Å². The van der Waals surface area contributed by atoms with Crippen molar-refractivity contribution in [2.45, 2.75) is 20.1 Å². The number of amides is 1. The molecule has 0 atom stereocenters. The molecule has 11 heteroatoms. The first-order valence-electron chi connectivity index (χ1n) is 9.10. The molecule has 2 aromatic carbocycles. The van der Waals surface area contributed by atoms with Crippen LogP contribution in [0.25, 0.3) is 0 Å². The zero-order valence-corrected chi connectivity index (χ0v) is 19.3. The molecule has 0 aliphatic heterocycles. The number of benzene rings is 2. The van der Waals surface area contributed by atoms with Crippen LogP contribution in [0.2, 0.25) is 0 Å². The van der Waals surface area contributed by atoms with Gasteiger partial charge < -0.3 is 25.4 Å². The highest BCUT2D eigenvalue weighted by atomic mass is 127. The van der Waals surface area contributed by atoms with Gasteiger partial charge in [-0.1, -0.05) is 0 Å². The summed E-state index contributed by atoms with van der Waals surface area (Å²) in [5.41, 5.74) is 0.845. The zero-order valence-electron chi connectivity index (χ0n) is 17.0. The molecule has 2 rings (SSSR count). The third kappa shape index (κ3) is 9.32. The van der Waals surface area contributed by atoms with Gasteiger partial charge in [0.15, 0.2) is 5.96 Å². The van der Waals surface area contributed by atoms with Crippen LogP contribution in [0.4, 0.5) is 18.9 Å². The first-order valence-corrected chi connectivity index (χ1v) is 9.10. The molecule has 0 heterocycles. The van der Waals surface area contributed by atoms with Gasteiger partial charge in [0.1, 0.15) is 17.3 Å². The zero-order chi connectivity index (χ0) is 21.9. The summed E-state index contributed by atoms with van der Waals surface area (Å²) in [6.07, 6.45) is 0. The minimum atomic E-state index is -2.97. The highest BCUT2D eigenvalue weighted by Gasteiger charge is 2.11. The first-order chi connectivity index (χ1) is 14.4. The molecule has 0 aromatic heterocycles. The van der Waals surface area contributed by atoms with Crippen LogP contribution in [-0.4, -0.2) is 38.7 Å². The maximum absolute atomic E-state index is 12.9. The highest BCUT2D eigenvalue weighted by molar-refractivity contribution is 14.0. The second-order valence-corrected chi connectivity index (χ2v) is 5.96. The van der Waals surface area contributed by atoms with Crippen LogP contribution in [-0.2, 0) is 11.3 Å². The molecule has 0 unspecified atom stereocenters. The number of nitrogens with zero attached hydrogens (tertiary/aromatic N) is 1. The third-order valence-corrected chi connectivity index (χ3v) is 3.78. The lowest BCUT2D eigenvalue weighted by Crippen LogP contribution is -2.41. The van der Waals surface area contributed by atoms with Gasteiger partial charge in [-0.05, 0) is 49.4 Å². The Morgan fingerprint density at radius 3 is 2.45 bits per heavy atom. The van der Waals surface area contributed by atoms with Crippen LogP contribution < -0.4 is 25.4 Å². The van der Waals surface area contributed by atoms with E-state index in [4.69, 9.17) is 4.74 Å². The summed E-state index contributed by atoms with van der Waals surface area (Å²) < 4.78 is 47.8. The monoisotopic (exact) mass is 552 g/mol. The van der Waals surface area contributed by atoms with Crippen LogP contribution >= 0.6 is 24.0 Å². The van der Waals surface area contributed by atoms with Crippen molar-refractivity contribution in [3.05, 3.63) is 53.8 Å². The van der Waals surface area contributed by atoms with Gasteiger partial charge in [-0.25, -0.2) is 9.38 Å². The van der Waals surface area contributed by atoms with E-state index < -0.39 is 12.4 Å². The van der Waals surface area contributed by atoms with E-state index in [0.717, 1.165) is 0 Å². The number of carbonyl (C=O) groups excluding carboxylic acids is 1. The molecule has 3 N–H and O–H groups in total. The summed E-state index contributed by atoms with van der Waals surface area (Å²) in [7, 11) is 1.46. The Morgan fingerprint density at radius 2 is 1.84 bits per heavy atom. The summed E-state index contributed by atoms with van der Waals surface area (Å²) in [6, 6.07) is 9.80. The normalized spacial score (nSPS) is 10.8. The Bertz CT molecular complexity index is 867. The van der Waals surface area contributed by atoms with Crippen molar-refractivity contribution in [3.63, 3.8) is 0 Å². The van der Waals surface area contributed by atoms with Gasteiger partial charge in [-0.15, -0.1) is 24.0 Å². The number of methoxy groups -OCH3 is 1. The molecule has 0 saturated heterocycles. The molecule has 0 fully saturated rings. The first kappa shape index (κ1) is 26.3. The number of carbonyl (C=O) groups is 1. The van der Waals surface area contributed by atoms with E-state index in [1.807, 2.05) is 6.92 Å². The number of anilines is 1. The fraction of sp³-hybridized carbons (Fsp3) is 0.300. The topological polar surface area (TPSA) is 84.0 Å². The molecule has 0 saturated carbocycles. The Morgan fingerprint density at radius 1 is 1.13 bits per heavy atom. The van der Waals surface area contributed by atoms with Crippen LogP contribution in [0.15, 0.2) is 47.5 Å². The maximum Gasteiger partial charge on any atom is 0.387 e. The lowest BCUT2D eigenvalue weighted by Gasteiger charge is -2.13. The van der Waals surface area contributed by atoms with Gasteiger partial charge in [0.2, 0.25) is 5.91 Å². The standard InChI is InChI=1S/C20H23F3N4O3.HI/c1-3-24-20(26-12-18(28)27-15-6-4-14(21)5-7-15)25-11-13-10-16(29-2)8-9-17(13)30-19(22)23;/h4-10,19H,3,11-12H2,1-2H3,(H,27,28)(H2,24,25,26);1H. The van der Waals surface area contributed by atoms with E-state index in [1.165, 1.54) is 43.5 Å². The fourth-order valence-electron chi connectivity index (χ4n) is 2.43. The lowest BCUT2D eigenvalue weighted by atomic mass is 10.2. The van der Waals surface area contributed by atoms with Crippen LogP contribution in [0.5, 0.6) is 11.5 Å². The van der Waals surface area contributed by atoms with E-state index >= 15 is 0 Å². The predicted octanol–water partition coefficient (Wildman–Crippen LogP) is 3.75. The number of rotatable bonds is 9. The van der Waals surface area contributed by atoms with Crippen molar-refractivity contribution in [2.24, 2.45) is 4.99 Å². The number of nitrogens with one attached hydrogen (secondary N) is 3. The Labute approximate surface area is 195 Å². The van der Waals surface area contributed by atoms with Gasteiger partial charge in [0.25, 0.3) is 0 Å². The molecule has 1 amide bonds. The number of guanidine groups is 1. The van der Waals surface area contributed by atoms with Gasteiger partial charge in [-0.2, -0.15) is 8.78 Å². The lowest BCUT2D eigenvalue weighted by molar-refractivity contribution is -0.115. The Balaban J connectivity index is 0.00000480. The van der Waals surface area contributed by atoms with Crippen LogP contribution in [0, 0.1) is 5.82 Å². The summed E-state index contributed by atoms with van der Waals surface area (Å²) in [6.45, 7) is -0.713. The predicted molar refractivity (Wildman–Crippen MR) is 123 cm³/mol. The van der Waals surface area contributed by atoms with Gasteiger partial charge in [-0.3, -0.25) is 4.79 Å². The molecule has 7 nitrogen and oxygen atoms in total. The summed E-state index contributed by atoms with van der Waals surface area (Å²) in [5.74, 6) is -0.00814.